The summed E-state index contributed by atoms with van der Waals surface area (Å²) in [5.41, 5.74) is 4.06. The van der Waals surface area contributed by atoms with E-state index in [-0.39, 0.29) is 6.04 Å². The fourth-order valence-corrected chi connectivity index (χ4v) is 4.85. The smallest absolute Gasteiger partial charge is 0.258 e. The van der Waals surface area contributed by atoms with E-state index in [9.17, 15) is 0 Å². The van der Waals surface area contributed by atoms with Gasteiger partial charge in [-0.15, -0.1) is 11.3 Å². The highest BCUT2D eigenvalue weighted by Gasteiger charge is 2.34. The predicted octanol–water partition coefficient (Wildman–Crippen LogP) is 6.31. The van der Waals surface area contributed by atoms with Crippen molar-refractivity contribution in [2.24, 2.45) is 0 Å². The van der Waals surface area contributed by atoms with E-state index < -0.39 is 0 Å². The van der Waals surface area contributed by atoms with Gasteiger partial charge in [-0.3, -0.25) is 0 Å². The van der Waals surface area contributed by atoms with Crippen LogP contribution in [0.15, 0.2) is 82.3 Å². The van der Waals surface area contributed by atoms with Crippen LogP contribution in [-0.2, 0) is 6.54 Å². The third-order valence-electron chi connectivity index (χ3n) is 5.38. The van der Waals surface area contributed by atoms with E-state index >= 15 is 0 Å². The molecule has 5 nitrogen and oxygen atoms in total. The highest BCUT2D eigenvalue weighted by atomic mass is 35.5. The molecule has 0 saturated carbocycles. The third kappa shape index (κ3) is 4.07. The summed E-state index contributed by atoms with van der Waals surface area (Å²) in [6.45, 7) is 2.65. The molecule has 1 unspecified atom stereocenters. The van der Waals surface area contributed by atoms with Crippen LogP contribution in [-0.4, -0.2) is 20.2 Å². The van der Waals surface area contributed by atoms with E-state index in [0.29, 0.717) is 28.4 Å². The Kier molecular flexibility index (Phi) is 5.78. The van der Waals surface area contributed by atoms with Crippen molar-refractivity contribution in [3.8, 4) is 10.7 Å². The lowest BCUT2D eigenvalue weighted by atomic mass is 9.94. The summed E-state index contributed by atoms with van der Waals surface area (Å²) in [5.74, 6) is 1.07. The molecule has 4 aromatic rings. The average Bonchev–Trinajstić information content (AvgIpc) is 3.50. The van der Waals surface area contributed by atoms with Gasteiger partial charge < -0.3 is 14.7 Å². The maximum atomic E-state index is 6.06. The Hall–Kier alpha value is -3.00. The molecule has 0 saturated heterocycles. The third-order valence-corrected chi connectivity index (χ3v) is 6.84. The number of hydrogen-bond acceptors (Lipinski definition) is 5. The molecule has 0 amide bonds. The van der Waals surface area contributed by atoms with E-state index in [1.165, 1.54) is 0 Å². The fourth-order valence-electron chi connectivity index (χ4n) is 3.76. The molecule has 0 bridgehead atoms. The van der Waals surface area contributed by atoms with E-state index in [2.05, 4.69) is 27.5 Å². The molecule has 8 heteroatoms. The zero-order valence-electron chi connectivity index (χ0n) is 17.2. The van der Waals surface area contributed by atoms with Crippen molar-refractivity contribution in [2.75, 3.05) is 0 Å². The molecular formula is C24H19ClN4OS2. The molecule has 3 heterocycles. The van der Waals surface area contributed by atoms with Crippen molar-refractivity contribution in [3.05, 3.63) is 99.8 Å². The SMILES string of the molecule is CC1=C(c2nc(-c3cccs3)no2)C(c2ccccc2)NC(=S)N1Cc1ccc(Cl)cc1. The lowest BCUT2D eigenvalue weighted by molar-refractivity contribution is 0.396. The first kappa shape index (κ1) is 20.9. The molecule has 1 aliphatic heterocycles. The summed E-state index contributed by atoms with van der Waals surface area (Å²) in [5, 5.41) is 11.1. The Labute approximate surface area is 200 Å². The van der Waals surface area contributed by atoms with Gasteiger partial charge in [0.25, 0.3) is 5.89 Å². The highest BCUT2D eigenvalue weighted by molar-refractivity contribution is 7.80. The Balaban J connectivity index is 1.59. The van der Waals surface area contributed by atoms with E-state index in [0.717, 1.165) is 27.3 Å². The van der Waals surface area contributed by atoms with Crippen molar-refractivity contribution in [1.29, 1.82) is 0 Å². The van der Waals surface area contributed by atoms with Crippen LogP contribution in [0, 0.1) is 0 Å². The number of thiocarbonyl (C=S) groups is 1. The molecule has 0 spiro atoms. The normalized spacial score (nSPS) is 16.4. The predicted molar refractivity (Wildman–Crippen MR) is 132 cm³/mol. The molecular weight excluding hydrogens is 460 g/mol. The van der Waals surface area contributed by atoms with E-state index in [1.807, 2.05) is 66.9 Å². The molecule has 5 rings (SSSR count). The molecule has 2 aromatic carbocycles. The minimum atomic E-state index is -0.193. The molecule has 1 N–H and O–H groups in total. The van der Waals surface area contributed by atoms with Crippen LogP contribution in [0.3, 0.4) is 0 Å². The molecule has 32 heavy (non-hydrogen) atoms. The second kappa shape index (κ2) is 8.86. The fraction of sp³-hybridized carbons (Fsp3) is 0.125. The summed E-state index contributed by atoms with van der Waals surface area (Å²) in [7, 11) is 0. The largest absolute Gasteiger partial charge is 0.351 e. The van der Waals surface area contributed by atoms with Gasteiger partial charge in [0.15, 0.2) is 5.11 Å². The van der Waals surface area contributed by atoms with Gasteiger partial charge in [-0.2, -0.15) is 4.98 Å². The van der Waals surface area contributed by atoms with Crippen molar-refractivity contribution in [3.63, 3.8) is 0 Å². The zero-order valence-corrected chi connectivity index (χ0v) is 19.5. The zero-order chi connectivity index (χ0) is 22.1. The van der Waals surface area contributed by atoms with Crippen molar-refractivity contribution >= 4 is 45.8 Å². The molecule has 1 atom stereocenters. The van der Waals surface area contributed by atoms with Gasteiger partial charge in [0, 0.05) is 17.3 Å². The van der Waals surface area contributed by atoms with Crippen LogP contribution in [0.1, 0.15) is 30.0 Å². The molecule has 2 aromatic heterocycles. The number of thiophene rings is 1. The topological polar surface area (TPSA) is 54.2 Å². The monoisotopic (exact) mass is 478 g/mol. The quantitative estimate of drug-likeness (QED) is 0.339. The lowest BCUT2D eigenvalue weighted by Gasteiger charge is -2.37. The molecule has 160 valence electrons. The number of allylic oxidation sites excluding steroid dienone is 1. The van der Waals surface area contributed by atoms with Gasteiger partial charge >= 0.3 is 0 Å². The summed E-state index contributed by atoms with van der Waals surface area (Å²) >= 11 is 13.4. The number of nitrogens with one attached hydrogen (secondary N) is 1. The van der Waals surface area contributed by atoms with Gasteiger partial charge in [-0.1, -0.05) is 65.3 Å². The molecule has 0 aliphatic carbocycles. The van der Waals surface area contributed by atoms with Gasteiger partial charge in [0.05, 0.1) is 16.5 Å². The molecule has 1 aliphatic rings. The molecule has 0 radical (unpaired) electrons. The van der Waals surface area contributed by atoms with Gasteiger partial charge in [0.1, 0.15) is 0 Å². The van der Waals surface area contributed by atoms with Gasteiger partial charge in [0.2, 0.25) is 5.82 Å². The first-order valence-corrected chi connectivity index (χ1v) is 11.7. The Morgan fingerprint density at radius 3 is 2.59 bits per heavy atom. The van der Waals surface area contributed by atoms with Crippen LogP contribution in [0.25, 0.3) is 16.3 Å². The van der Waals surface area contributed by atoms with E-state index in [4.69, 9.17) is 33.3 Å². The van der Waals surface area contributed by atoms with Crippen molar-refractivity contribution in [1.82, 2.24) is 20.4 Å². The standard InChI is InChI=1S/C24H19ClN4OS2/c1-15-20(23-27-22(28-30-23)19-8-5-13-32-19)21(17-6-3-2-4-7-17)26-24(31)29(15)14-16-9-11-18(25)12-10-16/h2-13,21H,14H2,1H3,(H,26,31). The van der Waals surface area contributed by atoms with Crippen molar-refractivity contribution in [2.45, 2.75) is 19.5 Å². The van der Waals surface area contributed by atoms with Crippen LogP contribution in [0.2, 0.25) is 5.02 Å². The van der Waals surface area contributed by atoms with Crippen molar-refractivity contribution < 1.29 is 4.52 Å². The van der Waals surface area contributed by atoms with Crippen LogP contribution in [0.4, 0.5) is 0 Å². The second-order valence-electron chi connectivity index (χ2n) is 7.41. The summed E-state index contributed by atoms with van der Waals surface area (Å²) in [6, 6.07) is 21.7. The Bertz CT molecular complexity index is 1270. The Morgan fingerprint density at radius 2 is 1.88 bits per heavy atom. The van der Waals surface area contributed by atoms with E-state index in [1.54, 1.807) is 11.3 Å². The van der Waals surface area contributed by atoms with Crippen LogP contribution >= 0.6 is 35.2 Å². The number of nitrogens with zero attached hydrogens (tertiary/aromatic N) is 3. The van der Waals surface area contributed by atoms with Gasteiger partial charge in [-0.25, -0.2) is 0 Å². The maximum Gasteiger partial charge on any atom is 0.258 e. The molecule has 0 fully saturated rings. The minimum absolute atomic E-state index is 0.193. The number of hydrogen-bond donors (Lipinski definition) is 1. The summed E-state index contributed by atoms with van der Waals surface area (Å²) in [4.78, 5) is 7.75. The number of rotatable bonds is 5. The minimum Gasteiger partial charge on any atom is -0.351 e. The number of halogens is 1. The number of benzene rings is 2. The lowest BCUT2D eigenvalue weighted by Crippen LogP contribution is -2.45. The maximum absolute atomic E-state index is 6.06. The van der Waals surface area contributed by atoms with Crippen LogP contribution < -0.4 is 5.32 Å². The average molecular weight is 479 g/mol. The summed E-state index contributed by atoms with van der Waals surface area (Å²) < 4.78 is 5.76. The Morgan fingerprint density at radius 1 is 1.09 bits per heavy atom. The second-order valence-corrected chi connectivity index (χ2v) is 9.18. The van der Waals surface area contributed by atoms with Gasteiger partial charge in [-0.05, 0) is 53.8 Å². The first-order valence-electron chi connectivity index (χ1n) is 10.1. The number of aromatic nitrogens is 2. The first-order chi connectivity index (χ1) is 15.6. The van der Waals surface area contributed by atoms with Crippen LogP contribution in [0.5, 0.6) is 0 Å². The summed E-state index contributed by atoms with van der Waals surface area (Å²) in [6.07, 6.45) is 0. The highest BCUT2D eigenvalue weighted by Crippen LogP contribution is 2.38.